The second-order valence-corrected chi connectivity index (χ2v) is 4.16. The SMILES string of the molecule is NNc1nnc(Cl)cc1Nc1ccc(C(F)(F)F)cc1. The molecule has 0 aliphatic rings. The van der Waals surface area contributed by atoms with Crippen LogP contribution >= 0.6 is 11.6 Å². The Morgan fingerprint density at radius 3 is 2.30 bits per heavy atom. The van der Waals surface area contributed by atoms with E-state index >= 15 is 0 Å². The van der Waals surface area contributed by atoms with Gasteiger partial charge in [0.25, 0.3) is 0 Å². The largest absolute Gasteiger partial charge is 0.416 e. The Morgan fingerprint density at radius 2 is 1.75 bits per heavy atom. The van der Waals surface area contributed by atoms with Gasteiger partial charge in [0, 0.05) is 11.8 Å². The fraction of sp³-hybridized carbons (Fsp3) is 0.0909. The number of anilines is 3. The average molecular weight is 304 g/mol. The molecule has 0 saturated carbocycles. The van der Waals surface area contributed by atoms with E-state index in [1.165, 1.54) is 18.2 Å². The van der Waals surface area contributed by atoms with Crippen LogP contribution in [-0.4, -0.2) is 10.2 Å². The fourth-order valence-electron chi connectivity index (χ4n) is 1.47. The number of nitrogen functional groups attached to an aromatic ring is 1. The number of hydrazine groups is 1. The van der Waals surface area contributed by atoms with E-state index in [2.05, 4.69) is 20.9 Å². The van der Waals surface area contributed by atoms with Crippen LogP contribution in [0, 0.1) is 0 Å². The normalized spacial score (nSPS) is 11.2. The molecule has 0 radical (unpaired) electrons. The summed E-state index contributed by atoms with van der Waals surface area (Å²) in [4.78, 5) is 0. The van der Waals surface area contributed by atoms with Gasteiger partial charge in [-0.2, -0.15) is 13.2 Å². The van der Waals surface area contributed by atoms with Gasteiger partial charge in [-0.3, -0.25) is 0 Å². The maximum absolute atomic E-state index is 12.4. The Labute approximate surface area is 116 Å². The predicted octanol–water partition coefficient (Wildman–Crippen LogP) is 3.18. The molecule has 9 heteroatoms. The first-order chi connectivity index (χ1) is 9.40. The minimum absolute atomic E-state index is 0.124. The zero-order chi connectivity index (χ0) is 14.8. The first-order valence-corrected chi connectivity index (χ1v) is 5.72. The van der Waals surface area contributed by atoms with E-state index < -0.39 is 11.7 Å². The van der Waals surface area contributed by atoms with E-state index in [0.29, 0.717) is 11.4 Å². The molecule has 2 aromatic rings. The van der Waals surface area contributed by atoms with Crippen molar-refractivity contribution in [2.24, 2.45) is 5.84 Å². The van der Waals surface area contributed by atoms with Crippen LogP contribution in [-0.2, 0) is 6.18 Å². The van der Waals surface area contributed by atoms with Crippen molar-refractivity contribution in [1.29, 1.82) is 0 Å². The summed E-state index contributed by atoms with van der Waals surface area (Å²) in [6, 6.07) is 5.96. The highest BCUT2D eigenvalue weighted by Gasteiger charge is 2.29. The number of benzene rings is 1. The molecule has 5 nitrogen and oxygen atoms in total. The smallest absolute Gasteiger partial charge is 0.352 e. The monoisotopic (exact) mass is 303 g/mol. The van der Waals surface area contributed by atoms with Crippen molar-refractivity contribution < 1.29 is 13.2 Å². The molecular weight excluding hydrogens is 295 g/mol. The fourth-order valence-corrected chi connectivity index (χ4v) is 1.61. The number of nitrogens with one attached hydrogen (secondary N) is 2. The molecule has 0 amide bonds. The van der Waals surface area contributed by atoms with Crippen LogP contribution in [0.15, 0.2) is 30.3 Å². The van der Waals surface area contributed by atoms with Crippen LogP contribution in [0.2, 0.25) is 5.15 Å². The minimum atomic E-state index is -4.37. The number of nitrogens with two attached hydrogens (primary N) is 1. The van der Waals surface area contributed by atoms with E-state index in [9.17, 15) is 13.2 Å². The summed E-state index contributed by atoms with van der Waals surface area (Å²) in [6.07, 6.45) is -4.37. The lowest BCUT2D eigenvalue weighted by atomic mass is 10.2. The quantitative estimate of drug-likeness (QED) is 0.600. The zero-order valence-corrected chi connectivity index (χ0v) is 10.6. The molecule has 4 N–H and O–H groups in total. The minimum Gasteiger partial charge on any atom is -0.352 e. The average Bonchev–Trinajstić information content (AvgIpc) is 2.38. The van der Waals surface area contributed by atoms with Crippen LogP contribution in [0.3, 0.4) is 0 Å². The maximum Gasteiger partial charge on any atom is 0.416 e. The molecular formula is C11H9ClF3N5. The summed E-state index contributed by atoms with van der Waals surface area (Å²) in [6.45, 7) is 0. The number of rotatable bonds is 3. The van der Waals surface area contributed by atoms with Gasteiger partial charge in [0.1, 0.15) is 0 Å². The number of aromatic nitrogens is 2. The van der Waals surface area contributed by atoms with Gasteiger partial charge in [0.15, 0.2) is 11.0 Å². The van der Waals surface area contributed by atoms with E-state index in [1.54, 1.807) is 0 Å². The van der Waals surface area contributed by atoms with Crippen molar-refractivity contribution in [2.75, 3.05) is 10.7 Å². The molecule has 1 heterocycles. The molecule has 1 aromatic carbocycles. The van der Waals surface area contributed by atoms with Crippen molar-refractivity contribution in [2.45, 2.75) is 6.18 Å². The van der Waals surface area contributed by atoms with E-state index in [1.807, 2.05) is 0 Å². The van der Waals surface area contributed by atoms with Crippen LogP contribution in [0.4, 0.5) is 30.4 Å². The number of alkyl halides is 3. The van der Waals surface area contributed by atoms with Crippen molar-refractivity contribution in [3.8, 4) is 0 Å². The first-order valence-electron chi connectivity index (χ1n) is 5.34. The summed E-state index contributed by atoms with van der Waals surface area (Å²) < 4.78 is 37.3. The summed E-state index contributed by atoms with van der Waals surface area (Å²) in [5.74, 6) is 5.47. The molecule has 0 atom stereocenters. The Hall–Kier alpha value is -2.06. The third kappa shape index (κ3) is 3.28. The number of halogens is 4. The lowest BCUT2D eigenvalue weighted by molar-refractivity contribution is -0.137. The predicted molar refractivity (Wildman–Crippen MR) is 69.6 cm³/mol. The summed E-state index contributed by atoms with van der Waals surface area (Å²) in [7, 11) is 0. The highest BCUT2D eigenvalue weighted by Crippen LogP contribution is 2.31. The Morgan fingerprint density at radius 1 is 1.10 bits per heavy atom. The highest BCUT2D eigenvalue weighted by atomic mass is 35.5. The van der Waals surface area contributed by atoms with Crippen molar-refractivity contribution in [3.05, 3.63) is 41.0 Å². The highest BCUT2D eigenvalue weighted by molar-refractivity contribution is 6.29. The van der Waals surface area contributed by atoms with E-state index in [4.69, 9.17) is 17.4 Å². The number of hydrogen-bond donors (Lipinski definition) is 3. The van der Waals surface area contributed by atoms with Crippen molar-refractivity contribution in [3.63, 3.8) is 0 Å². The molecule has 0 saturated heterocycles. The third-order valence-corrected chi connectivity index (χ3v) is 2.58. The zero-order valence-electron chi connectivity index (χ0n) is 9.87. The van der Waals surface area contributed by atoms with Gasteiger partial charge in [-0.25, -0.2) is 5.84 Å². The first kappa shape index (κ1) is 14.4. The second-order valence-electron chi connectivity index (χ2n) is 3.77. The number of nitrogens with zero attached hydrogens (tertiary/aromatic N) is 2. The maximum atomic E-state index is 12.4. The van der Waals surface area contributed by atoms with Crippen LogP contribution in [0.5, 0.6) is 0 Å². The lowest BCUT2D eigenvalue weighted by Gasteiger charge is -2.11. The van der Waals surface area contributed by atoms with Crippen LogP contribution in [0.1, 0.15) is 5.56 Å². The summed E-state index contributed by atoms with van der Waals surface area (Å²) in [5.41, 5.74) is 2.40. The van der Waals surface area contributed by atoms with Gasteiger partial charge in [0.05, 0.1) is 11.3 Å². The van der Waals surface area contributed by atoms with Gasteiger partial charge in [-0.05, 0) is 24.3 Å². The van der Waals surface area contributed by atoms with Gasteiger partial charge in [-0.1, -0.05) is 11.6 Å². The Bertz CT molecular complexity index is 600. The molecule has 0 fully saturated rings. The lowest BCUT2D eigenvalue weighted by Crippen LogP contribution is -2.11. The van der Waals surface area contributed by atoms with Gasteiger partial charge in [0.2, 0.25) is 0 Å². The van der Waals surface area contributed by atoms with E-state index in [-0.39, 0.29) is 11.0 Å². The summed E-state index contributed by atoms with van der Waals surface area (Å²) in [5, 5.41) is 10.2. The topological polar surface area (TPSA) is 75.9 Å². The molecule has 106 valence electrons. The van der Waals surface area contributed by atoms with Crippen molar-refractivity contribution >= 4 is 28.8 Å². The molecule has 2 rings (SSSR count). The standard InChI is InChI=1S/C11H9ClF3N5/c12-9-5-8(10(18-16)20-19-9)17-7-3-1-6(2-4-7)11(13,14)15/h1-5H,16H2,(H,17,19)(H,18,20). The third-order valence-electron chi connectivity index (χ3n) is 2.39. The van der Waals surface area contributed by atoms with Gasteiger partial charge >= 0.3 is 6.18 Å². The molecule has 20 heavy (non-hydrogen) atoms. The van der Waals surface area contributed by atoms with Gasteiger partial charge in [-0.15, -0.1) is 10.2 Å². The Balaban J connectivity index is 2.24. The molecule has 0 spiro atoms. The van der Waals surface area contributed by atoms with Crippen LogP contribution in [0.25, 0.3) is 0 Å². The van der Waals surface area contributed by atoms with Gasteiger partial charge < -0.3 is 10.7 Å². The van der Waals surface area contributed by atoms with E-state index in [0.717, 1.165) is 12.1 Å². The number of hydrogen-bond acceptors (Lipinski definition) is 5. The molecule has 0 bridgehead atoms. The molecule has 0 aliphatic carbocycles. The summed E-state index contributed by atoms with van der Waals surface area (Å²) >= 11 is 5.69. The van der Waals surface area contributed by atoms with Crippen LogP contribution < -0.4 is 16.6 Å². The molecule has 0 unspecified atom stereocenters. The Kier molecular flexibility index (Phi) is 3.96. The molecule has 1 aromatic heterocycles. The second kappa shape index (κ2) is 5.51. The molecule has 0 aliphatic heterocycles. The van der Waals surface area contributed by atoms with Crippen molar-refractivity contribution in [1.82, 2.24) is 10.2 Å².